The van der Waals surface area contributed by atoms with E-state index in [4.69, 9.17) is 14.5 Å². The molecule has 2 heterocycles. The fourth-order valence-corrected chi connectivity index (χ4v) is 3.83. The van der Waals surface area contributed by atoms with Crippen LogP contribution in [0.3, 0.4) is 0 Å². The van der Waals surface area contributed by atoms with Crippen molar-refractivity contribution in [2.45, 2.75) is 51.7 Å². The van der Waals surface area contributed by atoms with Gasteiger partial charge in [0.25, 0.3) is 0 Å². The SMILES string of the molecule is CC(C)(C)OC(=O)Nc1ccc(OCc2csc(C3CCNCC3)n2)cc1. The van der Waals surface area contributed by atoms with Crippen molar-refractivity contribution in [2.24, 2.45) is 0 Å². The van der Waals surface area contributed by atoms with Crippen LogP contribution in [0, 0.1) is 0 Å². The van der Waals surface area contributed by atoms with E-state index in [0.717, 1.165) is 37.4 Å². The van der Waals surface area contributed by atoms with E-state index in [2.05, 4.69) is 16.0 Å². The Labute approximate surface area is 164 Å². The number of carbonyl (C=O) groups excluding carboxylic acids is 1. The molecule has 7 heteroatoms. The maximum atomic E-state index is 11.8. The first-order valence-electron chi connectivity index (χ1n) is 9.27. The van der Waals surface area contributed by atoms with Crippen molar-refractivity contribution < 1.29 is 14.3 Å². The summed E-state index contributed by atoms with van der Waals surface area (Å²) in [6.07, 6.45) is 1.84. The molecular weight excluding hydrogens is 362 g/mol. The molecule has 0 atom stereocenters. The van der Waals surface area contributed by atoms with Crippen LogP contribution in [0.25, 0.3) is 0 Å². The van der Waals surface area contributed by atoms with Crippen LogP contribution in [0.5, 0.6) is 5.75 Å². The van der Waals surface area contributed by atoms with Gasteiger partial charge in [0.15, 0.2) is 0 Å². The number of amides is 1. The third-order valence-electron chi connectivity index (χ3n) is 4.14. The predicted molar refractivity (Wildman–Crippen MR) is 108 cm³/mol. The number of hydrogen-bond donors (Lipinski definition) is 2. The summed E-state index contributed by atoms with van der Waals surface area (Å²) in [5, 5.41) is 9.38. The number of ether oxygens (including phenoxy) is 2. The zero-order valence-corrected chi connectivity index (χ0v) is 16.9. The highest BCUT2D eigenvalue weighted by Gasteiger charge is 2.18. The van der Waals surface area contributed by atoms with E-state index in [1.165, 1.54) is 5.01 Å². The molecule has 6 nitrogen and oxygen atoms in total. The fourth-order valence-electron chi connectivity index (χ4n) is 2.86. The van der Waals surface area contributed by atoms with Crippen LogP contribution in [0.1, 0.15) is 50.2 Å². The van der Waals surface area contributed by atoms with Crippen molar-refractivity contribution in [1.82, 2.24) is 10.3 Å². The van der Waals surface area contributed by atoms with Gasteiger partial charge in [-0.2, -0.15) is 0 Å². The number of piperidine rings is 1. The van der Waals surface area contributed by atoms with Crippen molar-refractivity contribution in [3.63, 3.8) is 0 Å². The van der Waals surface area contributed by atoms with Crippen molar-refractivity contribution in [1.29, 1.82) is 0 Å². The Morgan fingerprint density at radius 2 is 1.96 bits per heavy atom. The zero-order valence-electron chi connectivity index (χ0n) is 16.1. The maximum absolute atomic E-state index is 11.8. The number of carbonyl (C=O) groups is 1. The quantitative estimate of drug-likeness (QED) is 0.786. The lowest BCUT2D eigenvalue weighted by atomic mass is 9.99. The van der Waals surface area contributed by atoms with Crippen LogP contribution in [0.2, 0.25) is 0 Å². The number of anilines is 1. The first-order chi connectivity index (χ1) is 12.9. The lowest BCUT2D eigenvalue weighted by molar-refractivity contribution is 0.0636. The number of thiazole rings is 1. The van der Waals surface area contributed by atoms with Gasteiger partial charge in [-0.1, -0.05) is 0 Å². The molecule has 0 unspecified atom stereocenters. The van der Waals surface area contributed by atoms with E-state index in [1.54, 1.807) is 23.5 Å². The van der Waals surface area contributed by atoms with Gasteiger partial charge in [0.1, 0.15) is 18.0 Å². The lowest BCUT2D eigenvalue weighted by Crippen LogP contribution is -2.27. The fraction of sp³-hybridized carbons (Fsp3) is 0.500. The Morgan fingerprint density at radius 1 is 1.26 bits per heavy atom. The lowest BCUT2D eigenvalue weighted by Gasteiger charge is -2.20. The number of nitrogens with zero attached hydrogens (tertiary/aromatic N) is 1. The molecule has 1 aromatic carbocycles. The van der Waals surface area contributed by atoms with Gasteiger partial charge in [-0.15, -0.1) is 11.3 Å². The number of benzene rings is 1. The molecule has 1 amide bonds. The summed E-state index contributed by atoms with van der Waals surface area (Å²) in [5.74, 6) is 1.31. The van der Waals surface area contributed by atoms with Crippen molar-refractivity contribution in [3.05, 3.63) is 40.3 Å². The Hall–Kier alpha value is -2.12. The topological polar surface area (TPSA) is 72.5 Å². The van der Waals surface area contributed by atoms with E-state index in [9.17, 15) is 4.79 Å². The largest absolute Gasteiger partial charge is 0.487 e. The molecule has 2 aromatic rings. The van der Waals surface area contributed by atoms with Gasteiger partial charge in [0, 0.05) is 17.0 Å². The Kier molecular flexibility index (Phi) is 6.34. The molecule has 1 aromatic heterocycles. The van der Waals surface area contributed by atoms with Gasteiger partial charge in [0.05, 0.1) is 10.7 Å². The second-order valence-corrected chi connectivity index (χ2v) is 8.53. The average Bonchev–Trinajstić information content (AvgIpc) is 3.09. The van der Waals surface area contributed by atoms with Gasteiger partial charge in [-0.25, -0.2) is 9.78 Å². The highest BCUT2D eigenvalue weighted by atomic mass is 32.1. The molecule has 1 aliphatic rings. The second-order valence-electron chi connectivity index (χ2n) is 7.64. The maximum Gasteiger partial charge on any atom is 0.412 e. The average molecular weight is 390 g/mol. The minimum absolute atomic E-state index is 0.445. The summed E-state index contributed by atoms with van der Waals surface area (Å²) in [6.45, 7) is 8.08. The third kappa shape index (κ3) is 6.22. The minimum atomic E-state index is -0.520. The number of nitrogens with one attached hydrogen (secondary N) is 2. The Morgan fingerprint density at radius 3 is 2.63 bits per heavy atom. The molecule has 3 rings (SSSR count). The van der Waals surface area contributed by atoms with E-state index in [-0.39, 0.29) is 0 Å². The molecule has 2 N–H and O–H groups in total. The Bertz CT molecular complexity index is 747. The zero-order chi connectivity index (χ0) is 19.3. The van der Waals surface area contributed by atoms with Crippen LogP contribution in [0.15, 0.2) is 29.6 Å². The van der Waals surface area contributed by atoms with Crippen LogP contribution in [-0.4, -0.2) is 29.8 Å². The third-order valence-corrected chi connectivity index (χ3v) is 5.20. The molecule has 1 saturated heterocycles. The second kappa shape index (κ2) is 8.71. The van der Waals surface area contributed by atoms with Gasteiger partial charge in [0.2, 0.25) is 0 Å². The molecular formula is C20H27N3O3S. The summed E-state index contributed by atoms with van der Waals surface area (Å²) < 4.78 is 11.1. The van der Waals surface area contributed by atoms with Crippen LogP contribution in [-0.2, 0) is 11.3 Å². The van der Waals surface area contributed by atoms with E-state index < -0.39 is 11.7 Å². The van der Waals surface area contributed by atoms with Crippen molar-refractivity contribution in [3.8, 4) is 5.75 Å². The van der Waals surface area contributed by atoms with Crippen LogP contribution in [0.4, 0.5) is 10.5 Å². The molecule has 1 fully saturated rings. The van der Waals surface area contributed by atoms with Crippen molar-refractivity contribution >= 4 is 23.1 Å². The van der Waals surface area contributed by atoms with Gasteiger partial charge in [-0.05, 0) is 71.0 Å². The van der Waals surface area contributed by atoms with E-state index in [0.29, 0.717) is 18.2 Å². The molecule has 0 spiro atoms. The first-order valence-corrected chi connectivity index (χ1v) is 10.1. The molecule has 0 radical (unpaired) electrons. The minimum Gasteiger partial charge on any atom is -0.487 e. The van der Waals surface area contributed by atoms with Gasteiger partial charge < -0.3 is 14.8 Å². The normalized spacial score (nSPS) is 15.4. The van der Waals surface area contributed by atoms with E-state index in [1.807, 2.05) is 32.9 Å². The molecule has 27 heavy (non-hydrogen) atoms. The summed E-state index contributed by atoms with van der Waals surface area (Å²) in [6, 6.07) is 7.24. The summed E-state index contributed by atoms with van der Waals surface area (Å²) in [7, 11) is 0. The number of hydrogen-bond acceptors (Lipinski definition) is 6. The van der Waals surface area contributed by atoms with Crippen LogP contribution >= 0.6 is 11.3 Å². The molecule has 1 aliphatic heterocycles. The first kappa shape index (κ1) is 19.6. The molecule has 146 valence electrons. The van der Waals surface area contributed by atoms with Crippen molar-refractivity contribution in [2.75, 3.05) is 18.4 Å². The standard InChI is InChI=1S/C20H27N3O3S/c1-20(2,3)26-19(24)23-15-4-6-17(7-5-15)25-12-16-13-27-18(22-16)14-8-10-21-11-9-14/h4-7,13-14,21H,8-12H2,1-3H3,(H,23,24). The van der Waals surface area contributed by atoms with Crippen LogP contribution < -0.4 is 15.4 Å². The molecule has 0 bridgehead atoms. The number of rotatable bonds is 5. The van der Waals surface area contributed by atoms with E-state index >= 15 is 0 Å². The predicted octanol–water partition coefficient (Wildman–Crippen LogP) is 4.54. The van der Waals surface area contributed by atoms with Gasteiger partial charge in [-0.3, -0.25) is 5.32 Å². The summed E-state index contributed by atoms with van der Waals surface area (Å²) >= 11 is 1.72. The monoisotopic (exact) mass is 389 g/mol. The molecule has 0 aliphatic carbocycles. The summed E-state index contributed by atoms with van der Waals surface area (Å²) in [4.78, 5) is 16.5. The Balaban J connectivity index is 1.49. The molecule has 0 saturated carbocycles. The highest BCUT2D eigenvalue weighted by molar-refractivity contribution is 7.09. The number of aromatic nitrogens is 1. The smallest absolute Gasteiger partial charge is 0.412 e. The highest BCUT2D eigenvalue weighted by Crippen LogP contribution is 2.28. The summed E-state index contributed by atoms with van der Waals surface area (Å²) in [5.41, 5.74) is 1.11. The van der Waals surface area contributed by atoms with Gasteiger partial charge >= 0.3 is 6.09 Å².